The fraction of sp³-hybridized carbons (Fsp3) is 0.265. The van der Waals surface area contributed by atoms with Crippen molar-refractivity contribution in [3.05, 3.63) is 153 Å². The van der Waals surface area contributed by atoms with Gasteiger partial charge in [0.2, 0.25) is 0 Å². The van der Waals surface area contributed by atoms with Gasteiger partial charge in [-0.3, -0.25) is 0 Å². The lowest BCUT2D eigenvalue weighted by Crippen LogP contribution is -2.20. The number of fused-ring (bicyclic) bond motifs is 8. The fourth-order valence-corrected chi connectivity index (χ4v) is 10.2. The van der Waals surface area contributed by atoms with Crippen molar-refractivity contribution in [1.82, 2.24) is 19.9 Å². The highest BCUT2D eigenvalue weighted by Crippen LogP contribution is 2.47. The Morgan fingerprint density at radius 3 is 0.908 bits per heavy atom. The minimum absolute atomic E-state index is 0.138. The number of ether oxygens (including phenoxy) is 2. The van der Waals surface area contributed by atoms with Gasteiger partial charge in [-0.15, -0.1) is 12.8 Å². The van der Waals surface area contributed by atoms with Crippen molar-refractivity contribution in [2.24, 2.45) is 0 Å². The molecule has 5 heterocycles. The first-order valence-corrected chi connectivity index (χ1v) is 25.7. The summed E-state index contributed by atoms with van der Waals surface area (Å²) in [6.07, 6.45) is 20.0. The van der Waals surface area contributed by atoms with E-state index in [9.17, 15) is 10.5 Å². The van der Waals surface area contributed by atoms with Gasteiger partial charge in [0.05, 0.1) is 46.0 Å². The third kappa shape index (κ3) is 10.1. The van der Waals surface area contributed by atoms with Gasteiger partial charge in [0.25, 0.3) is 0 Å². The van der Waals surface area contributed by atoms with E-state index >= 15 is 0 Å². The van der Waals surface area contributed by atoms with E-state index in [0.29, 0.717) is 11.1 Å². The van der Waals surface area contributed by atoms with Crippen molar-refractivity contribution in [2.75, 3.05) is 13.2 Å². The standard InChI is InChI=1S/C68H64N6O2/c1-15-33-75-63-47(65(3,4)5)35-45(36-48(63)66(6,7)8)61-55-29-25-51(71-55)59(43-21-17-41(39-69)18-22-43)53-27-31-57(73-53)62(46-37-49(67(9,10)11)64(76-34-16-2)50(38-46)68(12,13)14)58-32-28-54(74-58)60(52-26-30-56(61)72-52)44-23-19-42(40-70)20-24-44/h1-2,17-32,35-38,71,74H,33-34H2,3-14H3. The molecule has 0 atom stereocenters. The van der Waals surface area contributed by atoms with Crippen LogP contribution in [0.25, 0.3) is 90.9 Å². The molecule has 8 bridgehead atoms. The molecule has 0 unspecified atom stereocenters. The van der Waals surface area contributed by atoms with E-state index in [1.807, 2.05) is 48.5 Å². The van der Waals surface area contributed by atoms with Gasteiger partial charge in [-0.2, -0.15) is 10.5 Å². The van der Waals surface area contributed by atoms with Gasteiger partial charge in [0, 0.05) is 66.6 Å². The summed E-state index contributed by atoms with van der Waals surface area (Å²) in [7, 11) is 0. The number of nitriles is 2. The Bertz CT molecular complexity index is 3550. The van der Waals surface area contributed by atoms with Crippen LogP contribution in [-0.2, 0) is 21.7 Å². The molecule has 0 fully saturated rings. The molecule has 3 aromatic heterocycles. The number of benzene rings is 4. The van der Waals surface area contributed by atoms with Crippen molar-refractivity contribution in [3.8, 4) is 92.8 Å². The summed E-state index contributed by atoms with van der Waals surface area (Å²) in [5.41, 5.74) is 17.4. The summed E-state index contributed by atoms with van der Waals surface area (Å²) in [4.78, 5) is 19.0. The average molecular weight is 997 g/mol. The van der Waals surface area contributed by atoms with E-state index in [0.717, 1.165) is 123 Å². The zero-order valence-corrected chi connectivity index (χ0v) is 45.7. The van der Waals surface area contributed by atoms with Crippen LogP contribution >= 0.6 is 0 Å². The smallest absolute Gasteiger partial charge is 0.148 e. The Hall–Kier alpha value is -8.82. The summed E-state index contributed by atoms with van der Waals surface area (Å²) in [5, 5.41) is 19.8. The molecular weight excluding hydrogens is 933 g/mol. The second-order valence-electron chi connectivity index (χ2n) is 23.7. The van der Waals surface area contributed by atoms with Crippen LogP contribution in [0.15, 0.2) is 97.1 Å². The maximum absolute atomic E-state index is 9.92. The van der Waals surface area contributed by atoms with E-state index in [2.05, 4.69) is 190 Å². The summed E-state index contributed by atoms with van der Waals surface area (Å²) < 4.78 is 12.9. The van der Waals surface area contributed by atoms with Gasteiger partial charge in [-0.1, -0.05) is 119 Å². The van der Waals surface area contributed by atoms with Crippen LogP contribution in [0.4, 0.5) is 0 Å². The number of hydrogen-bond acceptors (Lipinski definition) is 6. The Kier molecular flexibility index (Phi) is 13.6. The highest BCUT2D eigenvalue weighted by atomic mass is 16.5. The van der Waals surface area contributed by atoms with Gasteiger partial charge < -0.3 is 19.4 Å². The minimum atomic E-state index is -0.333. The van der Waals surface area contributed by atoms with E-state index in [4.69, 9.17) is 32.3 Å². The molecule has 0 saturated heterocycles. The predicted octanol–water partition coefficient (Wildman–Crippen LogP) is 16.3. The predicted molar refractivity (Wildman–Crippen MR) is 313 cm³/mol. The first-order chi connectivity index (χ1) is 36.0. The van der Waals surface area contributed by atoms with Crippen LogP contribution < -0.4 is 9.47 Å². The second-order valence-corrected chi connectivity index (χ2v) is 23.7. The second kappa shape index (κ2) is 19.8. The minimum Gasteiger partial charge on any atom is -0.480 e. The van der Waals surface area contributed by atoms with E-state index in [-0.39, 0.29) is 34.9 Å². The molecule has 4 aromatic carbocycles. The average Bonchev–Trinajstić information content (AvgIpc) is 4.26. The zero-order chi connectivity index (χ0) is 54.5. The topological polar surface area (TPSA) is 123 Å². The van der Waals surface area contributed by atoms with Crippen molar-refractivity contribution in [2.45, 2.75) is 105 Å². The molecule has 0 amide bonds. The molecule has 8 nitrogen and oxygen atoms in total. The highest BCUT2D eigenvalue weighted by molar-refractivity contribution is 6.00. The number of nitrogens with zero attached hydrogens (tertiary/aromatic N) is 4. The number of aromatic nitrogens is 4. The largest absolute Gasteiger partial charge is 0.480 e. The number of aromatic amines is 2. The van der Waals surface area contributed by atoms with Crippen LogP contribution in [0.2, 0.25) is 0 Å². The number of H-pyrrole nitrogens is 2. The zero-order valence-electron chi connectivity index (χ0n) is 45.7. The molecule has 7 aromatic rings. The Balaban J connectivity index is 1.50. The molecule has 76 heavy (non-hydrogen) atoms. The van der Waals surface area contributed by atoms with Gasteiger partial charge >= 0.3 is 0 Å². The van der Waals surface area contributed by atoms with Crippen LogP contribution in [0.1, 0.15) is 139 Å². The van der Waals surface area contributed by atoms with Crippen LogP contribution in [0.5, 0.6) is 11.5 Å². The fourth-order valence-electron chi connectivity index (χ4n) is 10.2. The molecule has 2 aliphatic heterocycles. The summed E-state index contributed by atoms with van der Waals surface area (Å²) >= 11 is 0. The van der Waals surface area contributed by atoms with E-state index in [1.165, 1.54) is 0 Å². The number of nitrogens with one attached hydrogen (secondary N) is 2. The summed E-state index contributed by atoms with van der Waals surface area (Å²) in [6.45, 7) is 26.6. The Labute approximate surface area is 448 Å². The maximum Gasteiger partial charge on any atom is 0.148 e. The quantitative estimate of drug-likeness (QED) is 0.146. The molecular formula is C68H64N6O2. The monoisotopic (exact) mass is 997 g/mol. The van der Waals surface area contributed by atoms with Gasteiger partial charge in [0.15, 0.2) is 0 Å². The first-order valence-electron chi connectivity index (χ1n) is 25.7. The maximum atomic E-state index is 9.92. The molecule has 0 spiro atoms. The van der Waals surface area contributed by atoms with Gasteiger partial charge in [-0.25, -0.2) is 9.97 Å². The van der Waals surface area contributed by atoms with Crippen molar-refractivity contribution in [3.63, 3.8) is 0 Å². The first kappa shape index (κ1) is 52.1. The van der Waals surface area contributed by atoms with Crippen LogP contribution in [-0.4, -0.2) is 33.1 Å². The molecule has 0 saturated carbocycles. The molecule has 2 aliphatic rings. The lowest BCUT2D eigenvalue weighted by Gasteiger charge is -2.30. The third-order valence-corrected chi connectivity index (χ3v) is 13.9. The summed E-state index contributed by atoms with van der Waals surface area (Å²) in [6, 6.07) is 37.3. The highest BCUT2D eigenvalue weighted by Gasteiger charge is 2.32. The Morgan fingerprint density at radius 1 is 0.408 bits per heavy atom. The molecule has 8 heteroatoms. The normalized spacial score (nSPS) is 12.4. The number of rotatable bonds is 8. The van der Waals surface area contributed by atoms with Crippen molar-refractivity contribution >= 4 is 46.4 Å². The van der Waals surface area contributed by atoms with Crippen molar-refractivity contribution < 1.29 is 9.47 Å². The molecule has 0 aliphatic carbocycles. The summed E-state index contributed by atoms with van der Waals surface area (Å²) in [5.74, 6) is 6.97. The van der Waals surface area contributed by atoms with Crippen LogP contribution in [0, 0.1) is 47.3 Å². The van der Waals surface area contributed by atoms with Crippen molar-refractivity contribution in [1.29, 1.82) is 10.5 Å². The Morgan fingerprint density at radius 2 is 0.671 bits per heavy atom. The number of hydrogen-bond donors (Lipinski definition) is 2. The SMILES string of the molecule is C#CCOc1c(C(C)(C)C)cc(-c2c3nc(c(-c4ccc(C#N)cc4)c4ccc([nH]4)c(-c4cc(C(C)(C)C)c(OCC#C)c(C(C)(C)C)c4)c4nc(c(-c5ccc(C#N)cc5)c5ccc2[nH]5)C=C4)C=C3)cc1C(C)(C)C. The molecule has 2 N–H and O–H groups in total. The van der Waals surface area contributed by atoms with Crippen LogP contribution in [0.3, 0.4) is 0 Å². The van der Waals surface area contributed by atoms with E-state index < -0.39 is 0 Å². The van der Waals surface area contributed by atoms with Gasteiger partial charge in [0.1, 0.15) is 24.7 Å². The number of terminal acetylenes is 2. The van der Waals surface area contributed by atoms with E-state index in [1.54, 1.807) is 0 Å². The molecule has 0 radical (unpaired) electrons. The lowest BCUT2D eigenvalue weighted by atomic mass is 9.77. The molecule has 9 rings (SSSR count). The third-order valence-electron chi connectivity index (χ3n) is 13.9. The van der Waals surface area contributed by atoms with Gasteiger partial charge in [-0.05, 0) is 141 Å². The molecule has 378 valence electrons. The lowest BCUT2D eigenvalue weighted by molar-refractivity contribution is 0.345.